The van der Waals surface area contributed by atoms with Crippen molar-refractivity contribution in [3.63, 3.8) is 0 Å². The summed E-state index contributed by atoms with van der Waals surface area (Å²) in [5.41, 5.74) is 4.50. The van der Waals surface area contributed by atoms with Crippen molar-refractivity contribution in [2.24, 2.45) is 0 Å². The van der Waals surface area contributed by atoms with Gasteiger partial charge in [-0.2, -0.15) is 5.01 Å². The minimum Gasteiger partial charge on any atom is -0.490 e. The van der Waals surface area contributed by atoms with E-state index in [0.717, 1.165) is 22.3 Å². The first-order valence-electron chi connectivity index (χ1n) is 11.7. The van der Waals surface area contributed by atoms with E-state index in [-0.39, 0.29) is 16.8 Å². The van der Waals surface area contributed by atoms with Gasteiger partial charge in [0.25, 0.3) is 17.7 Å². The van der Waals surface area contributed by atoms with Crippen molar-refractivity contribution in [3.05, 3.63) is 62.5 Å². The van der Waals surface area contributed by atoms with Crippen LogP contribution >= 0.6 is 39.9 Å². The molecular weight excluding hydrogens is 578 g/mol. The SMILES string of the molecule is CCOc1cc(/C=C2/SC(=S)N(NC(=O)c3ccccc3C)C2=O)cc(Br)c1OCC(=O)N(CC)CC. The molecule has 0 unspecified atom stereocenters. The lowest BCUT2D eigenvalue weighted by atomic mass is 10.1. The average molecular weight is 607 g/mol. The smallest absolute Gasteiger partial charge is 0.285 e. The van der Waals surface area contributed by atoms with Gasteiger partial charge in [0.1, 0.15) is 0 Å². The number of amides is 3. The van der Waals surface area contributed by atoms with E-state index >= 15 is 0 Å². The summed E-state index contributed by atoms with van der Waals surface area (Å²) in [6, 6.07) is 10.6. The Morgan fingerprint density at radius 3 is 2.51 bits per heavy atom. The Hall–Kier alpha value is -2.89. The van der Waals surface area contributed by atoms with Gasteiger partial charge in [-0.1, -0.05) is 30.0 Å². The van der Waals surface area contributed by atoms with Gasteiger partial charge in [-0.05, 0) is 91.2 Å². The number of carbonyl (C=O) groups is 3. The second kappa shape index (κ2) is 13.1. The van der Waals surface area contributed by atoms with Crippen LogP contribution in [0.2, 0.25) is 0 Å². The standard InChI is InChI=1S/C26H28BrN3O5S2/c1-5-29(6-2)22(31)15-35-23-19(27)12-17(13-20(23)34-7-3)14-21-25(33)30(26(36)37-21)28-24(32)18-11-9-8-10-16(18)4/h8-14H,5-7,15H2,1-4H3,(H,28,32)/b21-14+. The molecule has 11 heteroatoms. The number of hydrogen-bond acceptors (Lipinski definition) is 7. The molecule has 0 aliphatic carbocycles. The first kappa shape index (κ1) is 28.7. The molecule has 0 bridgehead atoms. The first-order chi connectivity index (χ1) is 17.7. The number of nitrogens with zero attached hydrogens (tertiary/aromatic N) is 2. The zero-order valence-electron chi connectivity index (χ0n) is 21.0. The van der Waals surface area contributed by atoms with Crippen LogP contribution in [0.5, 0.6) is 11.5 Å². The molecule has 0 spiro atoms. The van der Waals surface area contributed by atoms with Crippen LogP contribution in [0.3, 0.4) is 0 Å². The van der Waals surface area contributed by atoms with E-state index in [2.05, 4.69) is 21.4 Å². The van der Waals surface area contributed by atoms with Crippen LogP contribution in [-0.2, 0) is 9.59 Å². The summed E-state index contributed by atoms with van der Waals surface area (Å²) in [6.45, 7) is 8.93. The van der Waals surface area contributed by atoms with Crippen molar-refractivity contribution in [2.45, 2.75) is 27.7 Å². The zero-order chi connectivity index (χ0) is 27.1. The van der Waals surface area contributed by atoms with Gasteiger partial charge in [-0.15, -0.1) is 0 Å². The second-order valence-corrected chi connectivity index (χ2v) is 10.4. The number of hydrogen-bond donors (Lipinski definition) is 1. The van der Waals surface area contributed by atoms with E-state index in [0.29, 0.717) is 51.7 Å². The molecule has 37 heavy (non-hydrogen) atoms. The minimum atomic E-state index is -0.434. The molecule has 1 saturated heterocycles. The predicted octanol–water partition coefficient (Wildman–Crippen LogP) is 4.95. The maximum absolute atomic E-state index is 13.1. The van der Waals surface area contributed by atoms with Gasteiger partial charge in [-0.3, -0.25) is 19.8 Å². The van der Waals surface area contributed by atoms with E-state index < -0.39 is 11.8 Å². The fourth-order valence-electron chi connectivity index (χ4n) is 3.58. The molecule has 2 aromatic carbocycles. The van der Waals surface area contributed by atoms with Gasteiger partial charge in [0.2, 0.25) is 0 Å². The Kier molecular flexibility index (Phi) is 10.1. The highest BCUT2D eigenvalue weighted by Crippen LogP contribution is 2.39. The lowest BCUT2D eigenvalue weighted by molar-refractivity contribution is -0.133. The Morgan fingerprint density at radius 1 is 1.16 bits per heavy atom. The minimum absolute atomic E-state index is 0.125. The van der Waals surface area contributed by atoms with Crippen molar-refractivity contribution in [1.82, 2.24) is 15.3 Å². The van der Waals surface area contributed by atoms with Crippen LogP contribution in [0.4, 0.5) is 0 Å². The normalized spacial score (nSPS) is 14.2. The topological polar surface area (TPSA) is 88.2 Å². The number of rotatable bonds is 10. The largest absolute Gasteiger partial charge is 0.490 e. The molecule has 1 heterocycles. The van der Waals surface area contributed by atoms with Crippen LogP contribution < -0.4 is 14.9 Å². The molecule has 8 nitrogen and oxygen atoms in total. The second-order valence-electron chi connectivity index (χ2n) is 7.89. The van der Waals surface area contributed by atoms with E-state index in [1.54, 1.807) is 35.2 Å². The molecule has 1 aliphatic rings. The predicted molar refractivity (Wildman–Crippen MR) is 152 cm³/mol. The summed E-state index contributed by atoms with van der Waals surface area (Å²) in [7, 11) is 0. The lowest BCUT2D eigenvalue weighted by Crippen LogP contribution is -2.45. The Labute approximate surface area is 234 Å². The summed E-state index contributed by atoms with van der Waals surface area (Å²) in [5.74, 6) is -0.148. The highest BCUT2D eigenvalue weighted by atomic mass is 79.9. The van der Waals surface area contributed by atoms with Crippen molar-refractivity contribution in [3.8, 4) is 11.5 Å². The van der Waals surface area contributed by atoms with Gasteiger partial charge in [-0.25, -0.2) is 0 Å². The number of thiocarbonyl (C=S) groups is 1. The molecule has 2 aromatic rings. The third-order valence-electron chi connectivity index (χ3n) is 5.48. The maximum Gasteiger partial charge on any atom is 0.285 e. The molecule has 0 radical (unpaired) electrons. The van der Waals surface area contributed by atoms with E-state index in [9.17, 15) is 14.4 Å². The fourth-order valence-corrected chi connectivity index (χ4v) is 5.33. The number of likely N-dealkylation sites (N-methyl/N-ethyl adjacent to an activating group) is 1. The Bertz CT molecular complexity index is 1250. The van der Waals surface area contributed by atoms with Gasteiger partial charge in [0.05, 0.1) is 16.0 Å². The number of nitrogens with one attached hydrogen (secondary N) is 1. The van der Waals surface area contributed by atoms with Crippen LogP contribution in [0.15, 0.2) is 45.8 Å². The van der Waals surface area contributed by atoms with Crippen molar-refractivity contribution in [1.29, 1.82) is 0 Å². The van der Waals surface area contributed by atoms with Gasteiger partial charge in [0, 0.05) is 18.7 Å². The van der Waals surface area contributed by atoms with Crippen LogP contribution in [0.25, 0.3) is 6.08 Å². The molecule has 0 aromatic heterocycles. The van der Waals surface area contributed by atoms with Crippen molar-refractivity contribution >= 4 is 68.0 Å². The number of thioether (sulfide) groups is 1. The summed E-state index contributed by atoms with van der Waals surface area (Å²) in [4.78, 5) is 40.2. The molecule has 196 valence electrons. The number of halogens is 1. The fraction of sp³-hybridized carbons (Fsp3) is 0.308. The third kappa shape index (κ3) is 6.91. The summed E-state index contributed by atoms with van der Waals surface area (Å²) in [6.07, 6.45) is 1.66. The van der Waals surface area contributed by atoms with E-state index in [1.165, 1.54) is 0 Å². The first-order valence-corrected chi connectivity index (χ1v) is 13.7. The third-order valence-corrected chi connectivity index (χ3v) is 7.37. The highest BCUT2D eigenvalue weighted by molar-refractivity contribution is 9.10. The molecule has 1 N–H and O–H groups in total. The molecule has 0 atom stereocenters. The summed E-state index contributed by atoms with van der Waals surface area (Å²) in [5, 5.41) is 1.08. The van der Waals surface area contributed by atoms with Gasteiger partial charge >= 0.3 is 0 Å². The monoisotopic (exact) mass is 605 g/mol. The molecular formula is C26H28BrN3O5S2. The van der Waals surface area contributed by atoms with Crippen LogP contribution in [0, 0.1) is 6.92 Å². The number of aryl methyl sites for hydroxylation is 1. The number of benzene rings is 2. The number of hydrazine groups is 1. The maximum atomic E-state index is 13.1. The number of ether oxygens (including phenoxy) is 2. The molecule has 3 rings (SSSR count). The Balaban J connectivity index is 1.80. The summed E-state index contributed by atoms with van der Waals surface area (Å²) < 4.78 is 12.4. The van der Waals surface area contributed by atoms with Crippen molar-refractivity contribution in [2.75, 3.05) is 26.3 Å². The molecule has 1 aliphatic heterocycles. The van der Waals surface area contributed by atoms with Crippen molar-refractivity contribution < 1.29 is 23.9 Å². The molecule has 0 saturated carbocycles. The quantitative estimate of drug-likeness (QED) is 0.303. The highest BCUT2D eigenvalue weighted by Gasteiger charge is 2.34. The Morgan fingerprint density at radius 2 is 1.86 bits per heavy atom. The lowest BCUT2D eigenvalue weighted by Gasteiger charge is -2.20. The van der Waals surface area contributed by atoms with E-state index in [1.807, 2.05) is 39.8 Å². The molecule has 3 amide bonds. The average Bonchev–Trinajstić information content (AvgIpc) is 3.12. The number of carbonyl (C=O) groups excluding carboxylic acids is 3. The van der Waals surface area contributed by atoms with Gasteiger partial charge in [0.15, 0.2) is 22.4 Å². The van der Waals surface area contributed by atoms with Gasteiger partial charge < -0.3 is 14.4 Å². The van der Waals surface area contributed by atoms with Crippen LogP contribution in [-0.4, -0.2) is 58.3 Å². The molecule has 1 fully saturated rings. The van der Waals surface area contributed by atoms with Crippen LogP contribution in [0.1, 0.15) is 42.3 Å². The summed E-state index contributed by atoms with van der Waals surface area (Å²) >= 11 is 9.93. The zero-order valence-corrected chi connectivity index (χ0v) is 24.2. The van der Waals surface area contributed by atoms with E-state index in [4.69, 9.17) is 21.7 Å².